The van der Waals surface area contributed by atoms with Gasteiger partial charge in [-0.2, -0.15) is 0 Å². The van der Waals surface area contributed by atoms with Crippen molar-refractivity contribution in [2.45, 2.75) is 0 Å². The monoisotopic (exact) mass is 716 g/mol. The second-order valence-corrected chi connectivity index (χ2v) is 14.0. The molecule has 0 aliphatic carbocycles. The maximum absolute atomic E-state index is 6.45. The second-order valence-electron chi connectivity index (χ2n) is 14.0. The molecule has 0 radical (unpaired) electrons. The van der Waals surface area contributed by atoms with Gasteiger partial charge in [0.2, 0.25) is 0 Å². The van der Waals surface area contributed by atoms with Crippen LogP contribution in [0.3, 0.4) is 0 Å². The highest BCUT2D eigenvalue weighted by Gasteiger charge is 2.17. The molecule has 56 heavy (non-hydrogen) atoms. The van der Waals surface area contributed by atoms with E-state index in [2.05, 4.69) is 126 Å². The van der Waals surface area contributed by atoms with Crippen LogP contribution in [0.5, 0.6) is 0 Å². The molecule has 8 aromatic carbocycles. The predicted octanol–water partition coefficient (Wildman–Crippen LogP) is 13.2. The van der Waals surface area contributed by atoms with Crippen molar-refractivity contribution in [1.29, 1.82) is 0 Å². The number of furan rings is 1. The van der Waals surface area contributed by atoms with Crippen LogP contribution in [0.25, 0.3) is 106 Å². The van der Waals surface area contributed by atoms with E-state index in [1.54, 1.807) is 0 Å². The highest BCUT2D eigenvalue weighted by molar-refractivity contribution is 6.13. The largest absolute Gasteiger partial charge is 0.455 e. The smallest absolute Gasteiger partial charge is 0.164 e. The molecule has 0 N–H and O–H groups in total. The Morgan fingerprint density at radius 2 is 0.893 bits per heavy atom. The van der Waals surface area contributed by atoms with Crippen molar-refractivity contribution < 1.29 is 4.42 Å². The third-order valence-electron chi connectivity index (χ3n) is 10.7. The van der Waals surface area contributed by atoms with Crippen LogP contribution in [-0.2, 0) is 0 Å². The zero-order chi connectivity index (χ0) is 37.0. The molecule has 0 spiro atoms. The first-order valence-electron chi connectivity index (χ1n) is 18.8. The number of benzene rings is 8. The lowest BCUT2D eigenvalue weighted by Gasteiger charge is -2.11. The van der Waals surface area contributed by atoms with E-state index in [4.69, 9.17) is 19.4 Å². The summed E-state index contributed by atoms with van der Waals surface area (Å²) < 4.78 is 8.82. The molecule has 0 saturated heterocycles. The highest BCUT2D eigenvalue weighted by Crippen LogP contribution is 2.39. The molecule has 3 heterocycles. The lowest BCUT2D eigenvalue weighted by molar-refractivity contribution is 0.670. The first-order chi connectivity index (χ1) is 27.7. The fourth-order valence-corrected chi connectivity index (χ4v) is 7.97. The zero-order valence-corrected chi connectivity index (χ0v) is 30.2. The molecule has 5 heteroatoms. The maximum Gasteiger partial charge on any atom is 0.164 e. The lowest BCUT2D eigenvalue weighted by Crippen LogP contribution is -2.00. The maximum atomic E-state index is 6.45. The Labute approximate surface area is 322 Å². The Hall–Kier alpha value is -7.63. The van der Waals surface area contributed by atoms with Gasteiger partial charge in [0.25, 0.3) is 0 Å². The Balaban J connectivity index is 0.996. The summed E-state index contributed by atoms with van der Waals surface area (Å²) in [6.45, 7) is 0. The van der Waals surface area contributed by atoms with Gasteiger partial charge in [-0.05, 0) is 53.1 Å². The van der Waals surface area contributed by atoms with Crippen molar-refractivity contribution >= 4 is 43.7 Å². The standard InChI is InChI=1S/C51H32N4O/c1-3-13-34(14-4-1)49-52-50(35-15-5-2-6-16-35)54-51(53-49)38-18-11-17-36(31-38)33-25-28-39(29-26-33)55-45-23-9-7-19-41(45)42-30-27-37(32-46(42)55)40-21-12-22-44-43-20-8-10-24-47(43)56-48(40)44/h1-32H. The van der Waals surface area contributed by atoms with Crippen molar-refractivity contribution in [3.63, 3.8) is 0 Å². The van der Waals surface area contributed by atoms with Gasteiger partial charge in [0, 0.05) is 49.5 Å². The number of aromatic nitrogens is 4. The van der Waals surface area contributed by atoms with Gasteiger partial charge in [-0.15, -0.1) is 0 Å². The normalized spacial score (nSPS) is 11.6. The minimum atomic E-state index is 0.635. The molecular weight excluding hydrogens is 685 g/mol. The molecule has 0 bridgehead atoms. The van der Waals surface area contributed by atoms with Gasteiger partial charge in [-0.3, -0.25) is 0 Å². The number of rotatable bonds is 6. The van der Waals surface area contributed by atoms with Crippen molar-refractivity contribution in [2.75, 3.05) is 0 Å². The third-order valence-corrected chi connectivity index (χ3v) is 10.7. The van der Waals surface area contributed by atoms with Crippen LogP contribution >= 0.6 is 0 Å². The Morgan fingerprint density at radius 1 is 0.339 bits per heavy atom. The van der Waals surface area contributed by atoms with Gasteiger partial charge >= 0.3 is 0 Å². The summed E-state index contributed by atoms with van der Waals surface area (Å²) in [6, 6.07) is 67.5. The first kappa shape index (κ1) is 31.9. The second kappa shape index (κ2) is 13.0. The molecule has 0 fully saturated rings. The molecule has 0 aliphatic heterocycles. The van der Waals surface area contributed by atoms with E-state index in [0.717, 1.165) is 77.6 Å². The average molecular weight is 717 g/mol. The fraction of sp³-hybridized carbons (Fsp3) is 0. The van der Waals surface area contributed by atoms with Crippen LogP contribution in [0.1, 0.15) is 0 Å². The number of nitrogens with zero attached hydrogens (tertiary/aromatic N) is 4. The van der Waals surface area contributed by atoms with Gasteiger partial charge in [0.05, 0.1) is 11.0 Å². The van der Waals surface area contributed by atoms with Crippen LogP contribution in [-0.4, -0.2) is 19.5 Å². The zero-order valence-electron chi connectivity index (χ0n) is 30.2. The van der Waals surface area contributed by atoms with Crippen molar-refractivity contribution in [2.24, 2.45) is 0 Å². The third kappa shape index (κ3) is 5.37. The molecule has 0 amide bonds. The van der Waals surface area contributed by atoms with E-state index >= 15 is 0 Å². The number of para-hydroxylation sites is 3. The summed E-state index contributed by atoms with van der Waals surface area (Å²) in [4.78, 5) is 14.8. The molecule has 0 saturated carbocycles. The topological polar surface area (TPSA) is 56.7 Å². The molecular formula is C51H32N4O. The molecule has 0 aliphatic rings. The SMILES string of the molecule is c1ccc(-c2nc(-c3ccccc3)nc(-c3cccc(-c4ccc(-n5c6ccccc6c6ccc(-c7cccc8c7oc7ccccc78)cc65)cc4)c3)n2)cc1. The molecule has 11 rings (SSSR count). The Morgan fingerprint density at radius 3 is 1.64 bits per heavy atom. The van der Waals surface area contributed by atoms with Gasteiger partial charge in [-0.25, -0.2) is 15.0 Å². The van der Waals surface area contributed by atoms with Gasteiger partial charge in [-0.1, -0.05) is 158 Å². The van der Waals surface area contributed by atoms with E-state index in [-0.39, 0.29) is 0 Å². The number of hydrogen-bond acceptors (Lipinski definition) is 4. The minimum Gasteiger partial charge on any atom is -0.455 e. The van der Waals surface area contributed by atoms with E-state index in [1.807, 2.05) is 72.8 Å². The van der Waals surface area contributed by atoms with Crippen molar-refractivity contribution in [3.8, 4) is 62.1 Å². The van der Waals surface area contributed by atoms with E-state index in [0.29, 0.717) is 17.5 Å². The molecule has 3 aromatic heterocycles. The molecule has 262 valence electrons. The Bertz CT molecular complexity index is 3180. The van der Waals surface area contributed by atoms with Crippen molar-refractivity contribution in [1.82, 2.24) is 19.5 Å². The molecule has 11 aromatic rings. The van der Waals surface area contributed by atoms with Crippen molar-refractivity contribution in [3.05, 3.63) is 194 Å². The summed E-state index contributed by atoms with van der Waals surface area (Å²) in [5, 5.41) is 4.68. The van der Waals surface area contributed by atoms with Gasteiger partial charge < -0.3 is 8.98 Å². The van der Waals surface area contributed by atoms with E-state index in [9.17, 15) is 0 Å². The first-order valence-corrected chi connectivity index (χ1v) is 18.8. The number of fused-ring (bicyclic) bond motifs is 6. The summed E-state index contributed by atoms with van der Waals surface area (Å²) in [6.07, 6.45) is 0. The fourth-order valence-electron chi connectivity index (χ4n) is 7.97. The van der Waals surface area contributed by atoms with E-state index in [1.165, 1.54) is 10.8 Å². The van der Waals surface area contributed by atoms with Crippen LogP contribution in [0, 0.1) is 0 Å². The summed E-state index contributed by atoms with van der Waals surface area (Å²) in [7, 11) is 0. The molecule has 5 nitrogen and oxygen atoms in total. The summed E-state index contributed by atoms with van der Waals surface area (Å²) >= 11 is 0. The lowest BCUT2D eigenvalue weighted by atomic mass is 10.0. The van der Waals surface area contributed by atoms with Crippen LogP contribution in [0.15, 0.2) is 199 Å². The number of hydrogen-bond donors (Lipinski definition) is 0. The van der Waals surface area contributed by atoms with Crippen LogP contribution in [0.2, 0.25) is 0 Å². The Kier molecular flexibility index (Phi) is 7.42. The van der Waals surface area contributed by atoms with Crippen LogP contribution in [0.4, 0.5) is 0 Å². The van der Waals surface area contributed by atoms with Gasteiger partial charge in [0.1, 0.15) is 11.2 Å². The highest BCUT2D eigenvalue weighted by atomic mass is 16.3. The quantitative estimate of drug-likeness (QED) is 0.172. The van der Waals surface area contributed by atoms with Crippen LogP contribution < -0.4 is 0 Å². The predicted molar refractivity (Wildman–Crippen MR) is 229 cm³/mol. The summed E-state index contributed by atoms with van der Waals surface area (Å²) in [5.74, 6) is 1.93. The van der Waals surface area contributed by atoms with E-state index < -0.39 is 0 Å². The van der Waals surface area contributed by atoms with Gasteiger partial charge in [0.15, 0.2) is 17.5 Å². The summed E-state index contributed by atoms with van der Waals surface area (Å²) in [5.41, 5.74) is 12.4. The minimum absolute atomic E-state index is 0.635. The average Bonchev–Trinajstić information content (AvgIpc) is 3.83. The molecule has 0 atom stereocenters. The molecule has 0 unspecified atom stereocenters.